The van der Waals surface area contributed by atoms with Crippen LogP contribution in [-0.2, 0) is 19.6 Å². The van der Waals surface area contributed by atoms with Crippen LogP contribution < -0.4 is 10.5 Å². The van der Waals surface area contributed by atoms with E-state index in [1.807, 2.05) is 0 Å². The van der Waals surface area contributed by atoms with Gasteiger partial charge in [-0.1, -0.05) is 11.6 Å². The van der Waals surface area contributed by atoms with E-state index in [4.69, 9.17) is 17.3 Å². The number of sulfonamides is 1. The van der Waals surface area contributed by atoms with Crippen LogP contribution in [0.15, 0.2) is 17.0 Å². The van der Waals surface area contributed by atoms with Gasteiger partial charge < -0.3 is 10.5 Å². The molecule has 1 aromatic rings. The first kappa shape index (κ1) is 15.7. The highest BCUT2D eigenvalue weighted by Crippen LogP contribution is 2.26. The third-order valence-electron chi connectivity index (χ3n) is 2.19. The second-order valence-corrected chi connectivity index (χ2v) is 5.67. The number of nitrogens with one attached hydrogen (secondary N) is 1. The largest absolute Gasteiger partial charge is 0.469 e. The standard InChI is InChI=1S/C10H12ClFN2O4S/c1-18-10(15)2-3-14-19(16,17)9-5-8(13)7(12)4-6(9)11/h4-5,14H,2-3,13H2,1H3. The van der Waals surface area contributed by atoms with E-state index in [2.05, 4.69) is 9.46 Å². The second kappa shape index (κ2) is 6.18. The Morgan fingerprint density at radius 2 is 2.16 bits per heavy atom. The molecule has 1 aromatic carbocycles. The van der Waals surface area contributed by atoms with Crippen molar-refractivity contribution < 1.29 is 22.3 Å². The molecule has 0 aliphatic rings. The fourth-order valence-corrected chi connectivity index (χ4v) is 2.80. The summed E-state index contributed by atoms with van der Waals surface area (Å²) >= 11 is 5.65. The number of methoxy groups -OCH3 is 1. The van der Waals surface area contributed by atoms with E-state index in [1.165, 1.54) is 7.11 Å². The van der Waals surface area contributed by atoms with Crippen LogP contribution in [0.5, 0.6) is 0 Å². The van der Waals surface area contributed by atoms with Crippen molar-refractivity contribution in [1.29, 1.82) is 0 Å². The predicted octanol–water partition coefficient (Wildman–Crippen LogP) is 0.903. The van der Waals surface area contributed by atoms with Crippen LogP contribution in [0.3, 0.4) is 0 Å². The molecule has 0 saturated heterocycles. The summed E-state index contributed by atoms with van der Waals surface area (Å²) in [6.45, 7) is -0.164. The summed E-state index contributed by atoms with van der Waals surface area (Å²) in [5.74, 6) is -1.37. The number of nitrogen functional groups attached to an aromatic ring is 1. The zero-order valence-electron chi connectivity index (χ0n) is 9.94. The number of rotatable bonds is 5. The molecule has 0 atom stereocenters. The molecule has 0 aromatic heterocycles. The van der Waals surface area contributed by atoms with Crippen molar-refractivity contribution in [3.63, 3.8) is 0 Å². The zero-order valence-corrected chi connectivity index (χ0v) is 11.5. The van der Waals surface area contributed by atoms with Crippen molar-refractivity contribution in [3.8, 4) is 0 Å². The van der Waals surface area contributed by atoms with Crippen LogP contribution in [0.2, 0.25) is 5.02 Å². The number of esters is 1. The molecule has 0 heterocycles. The molecule has 106 valence electrons. The molecule has 19 heavy (non-hydrogen) atoms. The topological polar surface area (TPSA) is 98.5 Å². The van der Waals surface area contributed by atoms with Gasteiger partial charge in [0, 0.05) is 6.54 Å². The highest BCUT2D eigenvalue weighted by Gasteiger charge is 2.20. The molecule has 0 radical (unpaired) electrons. The lowest BCUT2D eigenvalue weighted by Crippen LogP contribution is -2.27. The number of carbonyl (C=O) groups excluding carboxylic acids is 1. The highest BCUT2D eigenvalue weighted by atomic mass is 35.5. The average Bonchev–Trinajstić information content (AvgIpc) is 2.33. The average molecular weight is 311 g/mol. The fourth-order valence-electron chi connectivity index (χ4n) is 1.22. The lowest BCUT2D eigenvalue weighted by Gasteiger charge is -2.09. The Balaban J connectivity index is 2.89. The number of hydrogen-bond donors (Lipinski definition) is 2. The molecule has 0 saturated carbocycles. The van der Waals surface area contributed by atoms with Crippen LogP contribution in [0, 0.1) is 5.82 Å². The maximum absolute atomic E-state index is 13.1. The van der Waals surface area contributed by atoms with Crippen molar-refractivity contribution in [2.45, 2.75) is 11.3 Å². The number of nitrogens with two attached hydrogens (primary N) is 1. The van der Waals surface area contributed by atoms with Gasteiger partial charge in [0.25, 0.3) is 0 Å². The molecule has 1 rings (SSSR count). The normalized spacial score (nSPS) is 11.3. The second-order valence-electron chi connectivity index (χ2n) is 3.53. The maximum atomic E-state index is 13.1. The quantitative estimate of drug-likeness (QED) is 0.622. The molecule has 0 aliphatic carbocycles. The van der Waals surface area contributed by atoms with Crippen molar-refractivity contribution in [2.24, 2.45) is 0 Å². The Bertz CT molecular complexity index is 591. The predicted molar refractivity (Wildman–Crippen MR) is 67.6 cm³/mol. The monoisotopic (exact) mass is 310 g/mol. The summed E-state index contributed by atoms with van der Waals surface area (Å²) in [5.41, 5.74) is 4.95. The van der Waals surface area contributed by atoms with E-state index >= 15 is 0 Å². The van der Waals surface area contributed by atoms with E-state index < -0.39 is 21.8 Å². The van der Waals surface area contributed by atoms with Gasteiger partial charge in [0.1, 0.15) is 10.7 Å². The number of anilines is 1. The minimum absolute atomic E-state index is 0.135. The molecular formula is C10H12ClFN2O4S. The number of ether oxygens (including phenoxy) is 1. The number of halogens is 2. The molecule has 0 fully saturated rings. The fraction of sp³-hybridized carbons (Fsp3) is 0.300. The first-order valence-corrected chi connectivity index (χ1v) is 6.95. The van der Waals surface area contributed by atoms with Crippen molar-refractivity contribution in [1.82, 2.24) is 4.72 Å². The van der Waals surface area contributed by atoms with Gasteiger partial charge in [-0.3, -0.25) is 4.79 Å². The van der Waals surface area contributed by atoms with Crippen molar-refractivity contribution in [3.05, 3.63) is 23.0 Å². The molecule has 0 aliphatic heterocycles. The molecule has 0 amide bonds. The van der Waals surface area contributed by atoms with E-state index in [1.54, 1.807) is 0 Å². The van der Waals surface area contributed by atoms with Gasteiger partial charge in [-0.15, -0.1) is 0 Å². The summed E-state index contributed by atoms with van der Waals surface area (Å²) < 4.78 is 43.3. The van der Waals surface area contributed by atoms with E-state index in [0.717, 1.165) is 12.1 Å². The Labute approximate surface area is 114 Å². The molecule has 0 bridgehead atoms. The molecular weight excluding hydrogens is 299 g/mol. The van der Waals surface area contributed by atoms with Crippen LogP contribution in [0.4, 0.5) is 10.1 Å². The lowest BCUT2D eigenvalue weighted by atomic mass is 10.3. The lowest BCUT2D eigenvalue weighted by molar-refractivity contribution is -0.140. The Kier molecular flexibility index (Phi) is 5.10. The Hall–Kier alpha value is -1.38. The van der Waals surface area contributed by atoms with Gasteiger partial charge in [-0.25, -0.2) is 17.5 Å². The highest BCUT2D eigenvalue weighted by molar-refractivity contribution is 7.89. The molecule has 6 nitrogen and oxygen atoms in total. The van der Waals surface area contributed by atoms with E-state index in [-0.39, 0.29) is 28.6 Å². The molecule has 0 spiro atoms. The summed E-state index contributed by atoms with van der Waals surface area (Å²) in [5, 5.41) is -0.294. The molecule has 3 N–H and O–H groups in total. The SMILES string of the molecule is COC(=O)CCNS(=O)(=O)c1cc(N)c(F)cc1Cl. The number of hydrogen-bond acceptors (Lipinski definition) is 5. The third kappa shape index (κ3) is 4.05. The van der Waals surface area contributed by atoms with Crippen LogP contribution in [0.1, 0.15) is 6.42 Å². The summed E-state index contributed by atoms with van der Waals surface area (Å²) in [6.07, 6.45) is -0.135. The minimum Gasteiger partial charge on any atom is -0.469 e. The molecule has 9 heteroatoms. The minimum atomic E-state index is -3.97. The number of carbonyl (C=O) groups is 1. The van der Waals surface area contributed by atoms with Crippen LogP contribution in [0.25, 0.3) is 0 Å². The summed E-state index contributed by atoms with van der Waals surface area (Å²) in [4.78, 5) is 10.5. The van der Waals surface area contributed by atoms with Crippen LogP contribution in [-0.4, -0.2) is 28.0 Å². The Morgan fingerprint density at radius 3 is 2.74 bits per heavy atom. The van der Waals surface area contributed by atoms with Gasteiger partial charge in [0.2, 0.25) is 10.0 Å². The van der Waals surface area contributed by atoms with Crippen molar-refractivity contribution in [2.75, 3.05) is 19.4 Å². The first-order chi connectivity index (χ1) is 8.77. The first-order valence-electron chi connectivity index (χ1n) is 5.09. The van der Waals surface area contributed by atoms with E-state index in [0.29, 0.717) is 0 Å². The van der Waals surface area contributed by atoms with Gasteiger partial charge in [-0.05, 0) is 12.1 Å². The molecule has 0 unspecified atom stereocenters. The van der Waals surface area contributed by atoms with E-state index in [9.17, 15) is 17.6 Å². The third-order valence-corrected chi connectivity index (χ3v) is 4.12. The van der Waals surface area contributed by atoms with Crippen molar-refractivity contribution >= 4 is 33.3 Å². The summed E-state index contributed by atoms with van der Waals surface area (Å²) in [7, 11) is -2.78. The van der Waals surface area contributed by atoms with Gasteiger partial charge >= 0.3 is 5.97 Å². The van der Waals surface area contributed by atoms with Crippen LogP contribution >= 0.6 is 11.6 Å². The van der Waals surface area contributed by atoms with Gasteiger partial charge in [0.15, 0.2) is 0 Å². The Morgan fingerprint density at radius 1 is 1.53 bits per heavy atom. The smallest absolute Gasteiger partial charge is 0.306 e. The van der Waals surface area contributed by atoms with Gasteiger partial charge in [-0.2, -0.15) is 0 Å². The summed E-state index contributed by atoms with van der Waals surface area (Å²) in [6, 6.07) is 1.73. The number of benzene rings is 1. The van der Waals surface area contributed by atoms with Gasteiger partial charge in [0.05, 0.1) is 24.2 Å². The maximum Gasteiger partial charge on any atom is 0.306 e. The zero-order chi connectivity index (χ0) is 14.6.